The fraction of sp³-hybridized carbons (Fsp3) is 0.176. The van der Waals surface area contributed by atoms with E-state index in [1.54, 1.807) is 6.07 Å². The van der Waals surface area contributed by atoms with Gasteiger partial charge in [0, 0.05) is 5.56 Å². The van der Waals surface area contributed by atoms with Gasteiger partial charge in [0.1, 0.15) is 11.0 Å². The molecule has 0 amide bonds. The third-order valence-corrected chi connectivity index (χ3v) is 3.85. The Labute approximate surface area is 127 Å². The number of aryl methyl sites for hydroxylation is 3. The number of hydrogen-bond donors (Lipinski definition) is 0. The van der Waals surface area contributed by atoms with Crippen molar-refractivity contribution in [1.82, 2.24) is 9.97 Å². The second-order valence-electron chi connectivity index (χ2n) is 5.24. The summed E-state index contributed by atoms with van der Waals surface area (Å²) >= 11 is 6.18. The van der Waals surface area contributed by atoms with E-state index in [-0.39, 0.29) is 10.5 Å². The molecular weight excluding hydrogens is 287 g/mol. The van der Waals surface area contributed by atoms with E-state index in [2.05, 4.69) is 16.0 Å². The smallest absolute Gasteiger partial charge is 0.161 e. The molecule has 0 saturated carbocycles. The Balaban J connectivity index is 2.33. The van der Waals surface area contributed by atoms with Crippen LogP contribution in [0.5, 0.6) is 0 Å². The van der Waals surface area contributed by atoms with Crippen LogP contribution in [-0.4, -0.2) is 9.97 Å². The number of rotatable bonds is 1. The molecule has 0 aliphatic carbocycles. The number of benzene rings is 2. The number of nitrogens with zero attached hydrogens (tertiary/aromatic N) is 2. The molecule has 21 heavy (non-hydrogen) atoms. The van der Waals surface area contributed by atoms with Crippen LogP contribution in [0.25, 0.3) is 22.3 Å². The Hall–Kier alpha value is -2.00. The summed E-state index contributed by atoms with van der Waals surface area (Å²) in [7, 11) is 0. The molecule has 0 N–H and O–H groups in total. The van der Waals surface area contributed by atoms with Gasteiger partial charge in [-0.05, 0) is 38.0 Å². The fourth-order valence-corrected chi connectivity index (χ4v) is 2.74. The summed E-state index contributed by atoms with van der Waals surface area (Å²) in [6.07, 6.45) is 0. The Morgan fingerprint density at radius 2 is 1.71 bits per heavy atom. The van der Waals surface area contributed by atoms with Gasteiger partial charge in [0.15, 0.2) is 5.82 Å². The topological polar surface area (TPSA) is 25.8 Å². The summed E-state index contributed by atoms with van der Waals surface area (Å²) in [6, 6.07) is 9.13. The van der Waals surface area contributed by atoms with Crippen molar-refractivity contribution in [3.8, 4) is 11.4 Å². The highest BCUT2D eigenvalue weighted by Gasteiger charge is 2.14. The average molecular weight is 301 g/mol. The van der Waals surface area contributed by atoms with Crippen molar-refractivity contribution in [3.05, 3.63) is 58.0 Å². The molecule has 0 fully saturated rings. The Morgan fingerprint density at radius 1 is 0.952 bits per heavy atom. The van der Waals surface area contributed by atoms with Gasteiger partial charge in [-0.3, -0.25) is 0 Å². The average Bonchev–Trinajstić information content (AvgIpc) is 2.42. The maximum Gasteiger partial charge on any atom is 0.161 e. The first-order valence-electron chi connectivity index (χ1n) is 6.67. The van der Waals surface area contributed by atoms with Crippen LogP contribution < -0.4 is 0 Å². The van der Waals surface area contributed by atoms with Gasteiger partial charge >= 0.3 is 0 Å². The molecule has 3 aromatic rings. The lowest BCUT2D eigenvalue weighted by molar-refractivity contribution is 0.639. The normalized spacial score (nSPS) is 11.1. The van der Waals surface area contributed by atoms with Crippen LogP contribution in [0.1, 0.15) is 16.7 Å². The van der Waals surface area contributed by atoms with Crippen molar-refractivity contribution in [1.29, 1.82) is 0 Å². The summed E-state index contributed by atoms with van der Waals surface area (Å²) in [6.45, 7) is 5.92. The molecule has 0 bridgehead atoms. The first kappa shape index (κ1) is 14.0. The molecule has 1 heterocycles. The van der Waals surface area contributed by atoms with Crippen molar-refractivity contribution in [2.75, 3.05) is 0 Å². The van der Waals surface area contributed by atoms with Gasteiger partial charge in [-0.1, -0.05) is 41.4 Å². The van der Waals surface area contributed by atoms with E-state index in [0.717, 1.165) is 16.7 Å². The Kier molecular flexibility index (Phi) is 3.38. The minimum Gasteiger partial charge on any atom is -0.227 e. The zero-order chi connectivity index (χ0) is 15.1. The molecule has 1 aromatic heterocycles. The van der Waals surface area contributed by atoms with E-state index < -0.39 is 5.82 Å². The zero-order valence-electron chi connectivity index (χ0n) is 12.0. The number of hydrogen-bond acceptors (Lipinski definition) is 2. The van der Waals surface area contributed by atoms with Crippen LogP contribution in [0.3, 0.4) is 0 Å². The second-order valence-corrected chi connectivity index (χ2v) is 5.60. The van der Waals surface area contributed by atoms with Crippen LogP contribution in [0, 0.1) is 26.6 Å². The highest BCUT2D eigenvalue weighted by atomic mass is 35.5. The molecule has 0 aliphatic heterocycles. The largest absolute Gasteiger partial charge is 0.227 e. The first-order valence-corrected chi connectivity index (χ1v) is 7.05. The van der Waals surface area contributed by atoms with Crippen LogP contribution in [-0.2, 0) is 0 Å². The van der Waals surface area contributed by atoms with Crippen molar-refractivity contribution < 1.29 is 4.39 Å². The molecule has 0 saturated heterocycles. The molecule has 2 aromatic carbocycles. The predicted octanol–water partition coefficient (Wildman–Crippen LogP) is 5.01. The predicted molar refractivity (Wildman–Crippen MR) is 84.2 cm³/mol. The highest BCUT2D eigenvalue weighted by molar-refractivity contribution is 6.34. The molecule has 0 radical (unpaired) electrons. The van der Waals surface area contributed by atoms with Crippen molar-refractivity contribution in [2.24, 2.45) is 0 Å². The summed E-state index contributed by atoms with van der Waals surface area (Å²) in [5, 5.41) is 0.432. The molecule has 4 heteroatoms. The standard InChI is InChI=1S/C17H14ClFN2/c1-9-4-6-12(11(3)8-9)17-20-15-10(2)5-7-13(19)14(15)16(18)21-17/h4-8H,1-3H3. The van der Waals surface area contributed by atoms with Crippen LogP contribution in [0.2, 0.25) is 5.15 Å². The quantitative estimate of drug-likeness (QED) is 0.590. The minimum absolute atomic E-state index is 0.149. The molecular formula is C17H14ClFN2. The SMILES string of the molecule is Cc1ccc(-c2nc(Cl)c3c(F)ccc(C)c3n2)c(C)c1. The van der Waals surface area contributed by atoms with Gasteiger partial charge in [0.05, 0.1) is 10.9 Å². The van der Waals surface area contributed by atoms with E-state index in [0.29, 0.717) is 11.3 Å². The minimum atomic E-state index is -0.396. The number of aromatic nitrogens is 2. The first-order chi connectivity index (χ1) is 9.97. The molecule has 0 aliphatic rings. The van der Waals surface area contributed by atoms with Gasteiger partial charge < -0.3 is 0 Å². The van der Waals surface area contributed by atoms with Crippen LogP contribution >= 0.6 is 11.6 Å². The van der Waals surface area contributed by atoms with E-state index in [1.807, 2.05) is 32.9 Å². The van der Waals surface area contributed by atoms with E-state index >= 15 is 0 Å². The second kappa shape index (κ2) is 5.08. The Bertz CT molecular complexity index is 859. The molecule has 106 valence electrons. The number of halogens is 2. The summed E-state index contributed by atoms with van der Waals surface area (Å²) < 4.78 is 13.9. The van der Waals surface area contributed by atoms with Crippen molar-refractivity contribution >= 4 is 22.5 Å². The molecule has 0 atom stereocenters. The van der Waals surface area contributed by atoms with E-state index in [9.17, 15) is 4.39 Å². The van der Waals surface area contributed by atoms with E-state index in [4.69, 9.17) is 11.6 Å². The van der Waals surface area contributed by atoms with Gasteiger partial charge in [0.25, 0.3) is 0 Å². The monoisotopic (exact) mass is 300 g/mol. The van der Waals surface area contributed by atoms with Crippen molar-refractivity contribution in [2.45, 2.75) is 20.8 Å². The van der Waals surface area contributed by atoms with Gasteiger partial charge in [-0.2, -0.15) is 0 Å². The fourth-order valence-electron chi connectivity index (χ4n) is 2.48. The maximum atomic E-state index is 13.9. The van der Waals surface area contributed by atoms with Gasteiger partial charge in [-0.25, -0.2) is 14.4 Å². The Morgan fingerprint density at radius 3 is 2.43 bits per heavy atom. The van der Waals surface area contributed by atoms with Gasteiger partial charge in [-0.15, -0.1) is 0 Å². The molecule has 0 unspecified atom stereocenters. The van der Waals surface area contributed by atoms with Gasteiger partial charge in [0.2, 0.25) is 0 Å². The summed E-state index contributed by atoms with van der Waals surface area (Å²) in [5.74, 6) is 0.131. The third-order valence-electron chi connectivity index (χ3n) is 3.58. The zero-order valence-corrected chi connectivity index (χ0v) is 12.8. The number of fused-ring (bicyclic) bond motifs is 1. The van der Waals surface area contributed by atoms with Crippen LogP contribution in [0.4, 0.5) is 4.39 Å². The maximum absolute atomic E-state index is 13.9. The van der Waals surface area contributed by atoms with Crippen molar-refractivity contribution in [3.63, 3.8) is 0 Å². The summed E-state index contributed by atoms with van der Waals surface area (Å²) in [4.78, 5) is 8.80. The van der Waals surface area contributed by atoms with Crippen LogP contribution in [0.15, 0.2) is 30.3 Å². The lowest BCUT2D eigenvalue weighted by Gasteiger charge is -2.10. The van der Waals surface area contributed by atoms with E-state index in [1.165, 1.54) is 11.6 Å². The lowest BCUT2D eigenvalue weighted by atomic mass is 10.0. The summed E-state index contributed by atoms with van der Waals surface area (Å²) in [5.41, 5.74) is 4.59. The molecule has 3 rings (SSSR count). The highest BCUT2D eigenvalue weighted by Crippen LogP contribution is 2.30. The molecule has 0 spiro atoms. The third kappa shape index (κ3) is 2.38. The lowest BCUT2D eigenvalue weighted by Crippen LogP contribution is -1.97. The molecule has 2 nitrogen and oxygen atoms in total.